The first kappa shape index (κ1) is 15.0. The molecule has 6 heteroatoms. The number of anilines is 1. The Hall–Kier alpha value is -3.54. The van der Waals surface area contributed by atoms with Crippen LogP contribution in [0.2, 0.25) is 0 Å². The molecular formula is C19H15N5O. The second-order valence-corrected chi connectivity index (χ2v) is 5.67. The fourth-order valence-electron chi connectivity index (χ4n) is 2.93. The van der Waals surface area contributed by atoms with Crippen molar-refractivity contribution in [2.45, 2.75) is 6.92 Å². The Balaban J connectivity index is 2.14. The third-order valence-electron chi connectivity index (χ3n) is 4.03. The molecular weight excluding hydrogens is 314 g/mol. The van der Waals surface area contributed by atoms with E-state index in [0.29, 0.717) is 16.7 Å². The summed E-state index contributed by atoms with van der Waals surface area (Å²) in [6.07, 6.45) is 0. The van der Waals surface area contributed by atoms with E-state index in [1.165, 1.54) is 11.6 Å². The van der Waals surface area contributed by atoms with E-state index in [2.05, 4.69) is 15.3 Å². The number of nitrogens with two attached hydrogens (primary N) is 1. The highest BCUT2D eigenvalue weighted by atomic mass is 16.2. The Morgan fingerprint density at radius 3 is 2.12 bits per heavy atom. The number of carbonyl (C=O) groups excluding carboxylic acids is 1. The molecule has 2 heterocycles. The molecule has 0 saturated carbocycles. The summed E-state index contributed by atoms with van der Waals surface area (Å²) < 4.78 is 1.19. The summed E-state index contributed by atoms with van der Waals surface area (Å²) in [6, 6.07) is 19.6. The van der Waals surface area contributed by atoms with Gasteiger partial charge in [0.05, 0.1) is 5.39 Å². The van der Waals surface area contributed by atoms with Crippen LogP contribution in [0.25, 0.3) is 33.4 Å². The van der Waals surface area contributed by atoms with Crippen molar-refractivity contribution in [3.05, 3.63) is 60.7 Å². The summed E-state index contributed by atoms with van der Waals surface area (Å²) in [4.78, 5) is 11.9. The van der Waals surface area contributed by atoms with Gasteiger partial charge in [-0.05, 0) is 5.56 Å². The van der Waals surface area contributed by atoms with Crippen molar-refractivity contribution < 1.29 is 4.79 Å². The van der Waals surface area contributed by atoms with Gasteiger partial charge in [0.25, 0.3) is 0 Å². The summed E-state index contributed by atoms with van der Waals surface area (Å²) >= 11 is 0. The predicted molar refractivity (Wildman–Crippen MR) is 96.9 cm³/mol. The summed E-state index contributed by atoms with van der Waals surface area (Å²) in [6.45, 7) is 1.42. The van der Waals surface area contributed by atoms with Crippen molar-refractivity contribution in [3.63, 3.8) is 0 Å². The van der Waals surface area contributed by atoms with E-state index in [9.17, 15) is 4.79 Å². The normalized spacial score (nSPS) is 10.9. The summed E-state index contributed by atoms with van der Waals surface area (Å²) in [5.41, 5.74) is 9.90. The first-order chi connectivity index (χ1) is 12.2. The molecule has 0 atom stereocenters. The van der Waals surface area contributed by atoms with Crippen molar-refractivity contribution in [1.29, 1.82) is 0 Å². The van der Waals surface area contributed by atoms with Gasteiger partial charge in [0.1, 0.15) is 5.69 Å². The Morgan fingerprint density at radius 1 is 0.920 bits per heavy atom. The van der Waals surface area contributed by atoms with Crippen molar-refractivity contribution in [2.75, 3.05) is 5.73 Å². The lowest BCUT2D eigenvalue weighted by molar-refractivity contribution is 0.0926. The average Bonchev–Trinajstić information content (AvgIpc) is 3.00. The number of hydrogen-bond donors (Lipinski definition) is 1. The van der Waals surface area contributed by atoms with E-state index >= 15 is 0 Å². The fourth-order valence-corrected chi connectivity index (χ4v) is 2.93. The molecule has 0 bridgehead atoms. The highest BCUT2D eigenvalue weighted by molar-refractivity contribution is 6.07. The van der Waals surface area contributed by atoms with Crippen LogP contribution in [0.5, 0.6) is 0 Å². The molecule has 0 amide bonds. The maximum absolute atomic E-state index is 11.9. The van der Waals surface area contributed by atoms with Gasteiger partial charge in [0.2, 0.25) is 5.91 Å². The number of rotatable bonds is 2. The van der Waals surface area contributed by atoms with Gasteiger partial charge in [-0.1, -0.05) is 60.7 Å². The van der Waals surface area contributed by atoms with Crippen molar-refractivity contribution in [1.82, 2.24) is 20.0 Å². The molecule has 2 aromatic heterocycles. The average molecular weight is 329 g/mol. The maximum Gasteiger partial charge on any atom is 0.245 e. The van der Waals surface area contributed by atoms with E-state index in [-0.39, 0.29) is 11.7 Å². The molecule has 0 aliphatic heterocycles. The number of nitrogens with zero attached hydrogens (tertiary/aromatic N) is 4. The van der Waals surface area contributed by atoms with Crippen molar-refractivity contribution in [2.24, 2.45) is 0 Å². The fraction of sp³-hybridized carbons (Fsp3) is 0.0526. The zero-order valence-corrected chi connectivity index (χ0v) is 13.5. The standard InChI is InChI=1S/C19H15N5O/c1-12(25)24-19-16(18(20)23-24)15(13-8-4-2-5-9-13)17(21-22-19)14-10-6-3-7-11-14/h2-11H,1H3,(H2,20,23). The lowest BCUT2D eigenvalue weighted by Crippen LogP contribution is -2.09. The third kappa shape index (κ3) is 2.44. The van der Waals surface area contributed by atoms with E-state index < -0.39 is 0 Å². The van der Waals surface area contributed by atoms with Crippen LogP contribution in [0.4, 0.5) is 5.82 Å². The van der Waals surface area contributed by atoms with Crippen LogP contribution in [0.3, 0.4) is 0 Å². The Labute approximate surface area is 143 Å². The van der Waals surface area contributed by atoms with Gasteiger partial charge in [0.15, 0.2) is 11.5 Å². The number of fused-ring (bicyclic) bond motifs is 1. The van der Waals surface area contributed by atoms with Crippen molar-refractivity contribution >= 4 is 22.8 Å². The van der Waals surface area contributed by atoms with Gasteiger partial charge in [-0.15, -0.1) is 15.3 Å². The molecule has 0 unspecified atom stereocenters. The molecule has 0 spiro atoms. The van der Waals surface area contributed by atoms with Gasteiger partial charge in [-0.2, -0.15) is 4.68 Å². The Kier molecular flexibility index (Phi) is 3.50. The monoisotopic (exact) mass is 329 g/mol. The van der Waals surface area contributed by atoms with E-state index in [1.807, 2.05) is 60.7 Å². The Morgan fingerprint density at radius 2 is 1.52 bits per heavy atom. The van der Waals surface area contributed by atoms with Crippen molar-refractivity contribution in [3.8, 4) is 22.4 Å². The molecule has 0 fully saturated rings. The van der Waals surface area contributed by atoms with Crippen LogP contribution in [-0.4, -0.2) is 25.9 Å². The number of benzene rings is 2. The van der Waals surface area contributed by atoms with Gasteiger partial charge in [0, 0.05) is 18.1 Å². The van der Waals surface area contributed by atoms with Crippen LogP contribution in [0.1, 0.15) is 11.7 Å². The van der Waals surface area contributed by atoms with Gasteiger partial charge in [-0.25, -0.2) is 0 Å². The molecule has 2 aromatic carbocycles. The number of nitrogen functional groups attached to an aromatic ring is 1. The molecule has 4 aromatic rings. The van der Waals surface area contributed by atoms with E-state index in [4.69, 9.17) is 5.73 Å². The molecule has 122 valence electrons. The van der Waals surface area contributed by atoms with Crippen LogP contribution < -0.4 is 5.73 Å². The molecule has 4 rings (SSSR count). The smallest absolute Gasteiger partial charge is 0.245 e. The largest absolute Gasteiger partial charge is 0.382 e. The second kappa shape index (κ2) is 5.83. The van der Waals surface area contributed by atoms with Gasteiger partial charge in [-0.3, -0.25) is 4.79 Å². The van der Waals surface area contributed by atoms with Crippen LogP contribution in [-0.2, 0) is 0 Å². The van der Waals surface area contributed by atoms with E-state index in [0.717, 1.165) is 16.7 Å². The maximum atomic E-state index is 11.9. The molecule has 0 radical (unpaired) electrons. The minimum Gasteiger partial charge on any atom is -0.382 e. The Bertz CT molecular complexity index is 1070. The van der Waals surface area contributed by atoms with E-state index in [1.54, 1.807) is 0 Å². The van der Waals surface area contributed by atoms with Crippen LogP contribution in [0.15, 0.2) is 60.7 Å². The lowest BCUT2D eigenvalue weighted by Gasteiger charge is -2.10. The number of carbonyl (C=O) groups is 1. The zero-order chi connectivity index (χ0) is 17.4. The molecule has 0 saturated heterocycles. The van der Waals surface area contributed by atoms with Crippen LogP contribution in [0, 0.1) is 0 Å². The summed E-state index contributed by atoms with van der Waals surface area (Å²) in [5, 5.41) is 13.4. The summed E-state index contributed by atoms with van der Waals surface area (Å²) in [7, 11) is 0. The molecule has 2 N–H and O–H groups in total. The number of hydrogen-bond acceptors (Lipinski definition) is 5. The SMILES string of the molecule is CC(=O)n1nc(N)c2c(-c3ccccc3)c(-c3ccccc3)nnc21. The van der Waals surface area contributed by atoms with Gasteiger partial charge >= 0.3 is 0 Å². The highest BCUT2D eigenvalue weighted by Gasteiger charge is 2.22. The first-order valence-electron chi connectivity index (χ1n) is 7.83. The molecule has 6 nitrogen and oxygen atoms in total. The second-order valence-electron chi connectivity index (χ2n) is 5.67. The predicted octanol–water partition coefficient (Wildman–Crippen LogP) is 3.40. The summed E-state index contributed by atoms with van der Waals surface area (Å²) in [5.74, 6) is -0.00129. The topological polar surface area (TPSA) is 86.7 Å². The highest BCUT2D eigenvalue weighted by Crippen LogP contribution is 2.37. The third-order valence-corrected chi connectivity index (χ3v) is 4.03. The molecule has 25 heavy (non-hydrogen) atoms. The molecule has 0 aliphatic carbocycles. The quantitative estimate of drug-likeness (QED) is 0.609. The molecule has 0 aliphatic rings. The minimum atomic E-state index is -0.262. The zero-order valence-electron chi connectivity index (χ0n) is 13.5. The van der Waals surface area contributed by atoms with Crippen LogP contribution >= 0.6 is 0 Å². The van der Waals surface area contributed by atoms with Gasteiger partial charge < -0.3 is 5.73 Å². The minimum absolute atomic E-state index is 0.260. The lowest BCUT2D eigenvalue weighted by atomic mass is 9.97. The number of aromatic nitrogens is 4. The first-order valence-corrected chi connectivity index (χ1v) is 7.83.